The van der Waals surface area contributed by atoms with Gasteiger partial charge in [0.25, 0.3) is 0 Å². The second kappa shape index (κ2) is 8.83. The van der Waals surface area contributed by atoms with Crippen LogP contribution in [0.2, 0.25) is 0 Å². The SMILES string of the molecule is O=C(C(c1ccccc1)N1CCN(S(=O)(=O)c2ccc(F)cc2)CC1)N1CCCC1. The largest absolute Gasteiger partial charge is 0.341 e. The maximum absolute atomic E-state index is 13.3. The molecule has 4 rings (SSSR count). The molecule has 2 saturated heterocycles. The minimum atomic E-state index is -3.68. The van der Waals surface area contributed by atoms with E-state index in [-0.39, 0.29) is 23.9 Å². The topological polar surface area (TPSA) is 60.9 Å². The zero-order valence-electron chi connectivity index (χ0n) is 16.8. The standard InChI is InChI=1S/C22H26FN3O3S/c23-19-8-10-20(11-9-19)30(28,29)26-16-14-24(15-17-26)21(18-6-2-1-3-7-18)22(27)25-12-4-5-13-25/h1-3,6-11,21H,4-5,12-17H2. The number of likely N-dealkylation sites (tertiary alicyclic amines) is 1. The van der Waals surface area contributed by atoms with Gasteiger partial charge in [-0.15, -0.1) is 0 Å². The summed E-state index contributed by atoms with van der Waals surface area (Å²) in [5, 5.41) is 0. The molecule has 0 aliphatic carbocycles. The molecule has 6 nitrogen and oxygen atoms in total. The Hall–Kier alpha value is -2.29. The Labute approximate surface area is 176 Å². The molecule has 0 radical (unpaired) electrons. The van der Waals surface area contributed by atoms with Gasteiger partial charge < -0.3 is 4.90 Å². The van der Waals surface area contributed by atoms with Crippen molar-refractivity contribution in [3.05, 3.63) is 66.0 Å². The number of piperazine rings is 1. The second-order valence-corrected chi connectivity index (χ2v) is 9.68. The van der Waals surface area contributed by atoms with Crippen LogP contribution in [0.25, 0.3) is 0 Å². The Kier molecular flexibility index (Phi) is 6.17. The number of halogens is 1. The fourth-order valence-electron chi connectivity index (χ4n) is 4.21. The predicted octanol–water partition coefficient (Wildman–Crippen LogP) is 2.50. The maximum atomic E-state index is 13.3. The summed E-state index contributed by atoms with van der Waals surface area (Å²) < 4.78 is 40.4. The monoisotopic (exact) mass is 431 g/mol. The quantitative estimate of drug-likeness (QED) is 0.730. The molecular weight excluding hydrogens is 405 g/mol. The van der Waals surface area contributed by atoms with Crippen LogP contribution in [0, 0.1) is 5.82 Å². The summed E-state index contributed by atoms with van der Waals surface area (Å²) in [7, 11) is -3.68. The van der Waals surface area contributed by atoms with Crippen molar-refractivity contribution in [1.82, 2.24) is 14.1 Å². The van der Waals surface area contributed by atoms with E-state index < -0.39 is 21.9 Å². The Morgan fingerprint density at radius 1 is 0.833 bits per heavy atom. The van der Waals surface area contributed by atoms with Crippen LogP contribution < -0.4 is 0 Å². The zero-order valence-corrected chi connectivity index (χ0v) is 17.6. The molecule has 1 unspecified atom stereocenters. The molecule has 1 atom stereocenters. The molecule has 30 heavy (non-hydrogen) atoms. The van der Waals surface area contributed by atoms with Crippen LogP contribution in [0.15, 0.2) is 59.5 Å². The Balaban J connectivity index is 1.51. The van der Waals surface area contributed by atoms with Gasteiger partial charge in [-0.2, -0.15) is 4.31 Å². The average molecular weight is 432 g/mol. The third-order valence-corrected chi connectivity index (χ3v) is 7.77. The molecule has 2 aromatic rings. The summed E-state index contributed by atoms with van der Waals surface area (Å²) in [6, 6.07) is 14.2. The minimum Gasteiger partial charge on any atom is -0.341 e. The Bertz CT molecular complexity index is 968. The molecule has 0 spiro atoms. The van der Waals surface area contributed by atoms with Gasteiger partial charge in [0.05, 0.1) is 4.90 Å². The van der Waals surface area contributed by atoms with Crippen molar-refractivity contribution in [2.24, 2.45) is 0 Å². The first-order chi connectivity index (χ1) is 14.5. The summed E-state index contributed by atoms with van der Waals surface area (Å²) in [5.74, 6) is -0.376. The summed E-state index contributed by atoms with van der Waals surface area (Å²) in [6.07, 6.45) is 2.05. The number of nitrogens with zero attached hydrogens (tertiary/aromatic N) is 3. The lowest BCUT2D eigenvalue weighted by molar-refractivity contribution is -0.136. The van der Waals surface area contributed by atoms with Crippen molar-refractivity contribution in [1.29, 1.82) is 0 Å². The summed E-state index contributed by atoms with van der Waals surface area (Å²) >= 11 is 0. The van der Waals surface area contributed by atoms with E-state index >= 15 is 0 Å². The van der Waals surface area contributed by atoms with Crippen molar-refractivity contribution in [3.63, 3.8) is 0 Å². The number of amides is 1. The molecule has 2 fully saturated rings. The Morgan fingerprint density at radius 2 is 1.43 bits per heavy atom. The van der Waals surface area contributed by atoms with Gasteiger partial charge in [-0.25, -0.2) is 12.8 Å². The minimum absolute atomic E-state index is 0.0881. The molecule has 1 amide bonds. The second-order valence-electron chi connectivity index (χ2n) is 7.74. The third kappa shape index (κ3) is 4.26. The lowest BCUT2D eigenvalue weighted by Crippen LogP contribution is -2.52. The van der Waals surface area contributed by atoms with E-state index in [9.17, 15) is 17.6 Å². The van der Waals surface area contributed by atoms with E-state index in [1.165, 1.54) is 16.4 Å². The number of benzene rings is 2. The number of carbonyl (C=O) groups excluding carboxylic acids is 1. The van der Waals surface area contributed by atoms with Crippen molar-refractivity contribution >= 4 is 15.9 Å². The summed E-state index contributed by atoms with van der Waals surface area (Å²) in [6.45, 7) is 3.05. The van der Waals surface area contributed by atoms with Gasteiger partial charge in [0.15, 0.2) is 0 Å². The molecule has 0 saturated carbocycles. The first kappa shape index (κ1) is 21.0. The van der Waals surface area contributed by atoms with E-state index in [1.54, 1.807) is 0 Å². The molecule has 0 N–H and O–H groups in total. The van der Waals surface area contributed by atoms with Gasteiger partial charge in [-0.3, -0.25) is 9.69 Å². The highest BCUT2D eigenvalue weighted by Gasteiger charge is 2.36. The lowest BCUT2D eigenvalue weighted by atomic mass is 10.0. The molecule has 160 valence electrons. The van der Waals surface area contributed by atoms with E-state index in [0.717, 1.165) is 43.6 Å². The van der Waals surface area contributed by atoms with E-state index in [1.807, 2.05) is 35.2 Å². The maximum Gasteiger partial charge on any atom is 0.244 e. The third-order valence-electron chi connectivity index (χ3n) is 5.86. The number of sulfonamides is 1. The van der Waals surface area contributed by atoms with Crippen molar-refractivity contribution in [3.8, 4) is 0 Å². The normalized spacial score (nSPS) is 19.7. The van der Waals surface area contributed by atoms with Gasteiger partial charge in [0, 0.05) is 39.3 Å². The highest BCUT2D eigenvalue weighted by molar-refractivity contribution is 7.89. The number of carbonyl (C=O) groups is 1. The van der Waals surface area contributed by atoms with Gasteiger partial charge in [-0.1, -0.05) is 30.3 Å². The first-order valence-corrected chi connectivity index (χ1v) is 11.7. The van der Waals surface area contributed by atoms with Crippen LogP contribution in [0.5, 0.6) is 0 Å². The average Bonchev–Trinajstić information content (AvgIpc) is 3.30. The molecule has 0 bridgehead atoms. The molecule has 2 aliphatic rings. The molecule has 2 heterocycles. The zero-order chi connectivity index (χ0) is 21.1. The van der Waals surface area contributed by atoms with Crippen LogP contribution in [0.1, 0.15) is 24.4 Å². The summed E-state index contributed by atoms with van der Waals surface area (Å²) in [4.78, 5) is 17.4. The van der Waals surface area contributed by atoms with Gasteiger partial charge in [-0.05, 0) is 42.7 Å². The van der Waals surface area contributed by atoms with Gasteiger partial charge in [0.1, 0.15) is 11.9 Å². The first-order valence-electron chi connectivity index (χ1n) is 10.3. The van der Waals surface area contributed by atoms with E-state index in [0.29, 0.717) is 13.1 Å². The molecule has 2 aliphatic heterocycles. The van der Waals surface area contributed by atoms with Crippen LogP contribution in [0.3, 0.4) is 0 Å². The van der Waals surface area contributed by atoms with Crippen molar-refractivity contribution < 1.29 is 17.6 Å². The Morgan fingerprint density at radius 3 is 2.03 bits per heavy atom. The predicted molar refractivity (Wildman–Crippen MR) is 112 cm³/mol. The molecule has 2 aromatic carbocycles. The van der Waals surface area contributed by atoms with Crippen LogP contribution in [-0.4, -0.2) is 67.7 Å². The van der Waals surface area contributed by atoms with E-state index in [2.05, 4.69) is 4.90 Å². The molecular formula is C22H26FN3O3S. The van der Waals surface area contributed by atoms with Crippen LogP contribution >= 0.6 is 0 Å². The molecule has 0 aromatic heterocycles. The molecule has 8 heteroatoms. The van der Waals surface area contributed by atoms with Crippen molar-refractivity contribution in [2.75, 3.05) is 39.3 Å². The van der Waals surface area contributed by atoms with Gasteiger partial charge >= 0.3 is 0 Å². The van der Waals surface area contributed by atoms with Crippen LogP contribution in [-0.2, 0) is 14.8 Å². The summed E-state index contributed by atoms with van der Waals surface area (Å²) in [5.41, 5.74) is 0.934. The number of rotatable bonds is 5. The fraction of sp³-hybridized carbons (Fsp3) is 0.409. The highest BCUT2D eigenvalue weighted by Crippen LogP contribution is 2.28. The van der Waals surface area contributed by atoms with Gasteiger partial charge in [0.2, 0.25) is 15.9 Å². The fourth-order valence-corrected chi connectivity index (χ4v) is 5.64. The number of hydrogen-bond donors (Lipinski definition) is 0. The van der Waals surface area contributed by atoms with Crippen LogP contribution in [0.4, 0.5) is 4.39 Å². The smallest absolute Gasteiger partial charge is 0.244 e. The van der Waals surface area contributed by atoms with E-state index in [4.69, 9.17) is 0 Å². The highest BCUT2D eigenvalue weighted by atomic mass is 32.2. The number of hydrogen-bond acceptors (Lipinski definition) is 4. The van der Waals surface area contributed by atoms with Crippen molar-refractivity contribution in [2.45, 2.75) is 23.8 Å². The lowest BCUT2D eigenvalue weighted by Gasteiger charge is -2.39.